The Morgan fingerprint density at radius 1 is 0.458 bits per heavy atom. The van der Waals surface area contributed by atoms with Crippen molar-refractivity contribution in [3.8, 4) is 23.3 Å². The second kappa shape index (κ2) is 16.4. The molecule has 9 aromatic rings. The van der Waals surface area contributed by atoms with Crippen molar-refractivity contribution in [2.75, 3.05) is 9.80 Å². The van der Waals surface area contributed by atoms with Crippen molar-refractivity contribution < 1.29 is 0 Å². The minimum absolute atomic E-state index is 0.587. The van der Waals surface area contributed by atoms with Crippen molar-refractivity contribution >= 4 is 95.3 Å². The molecule has 9 rings (SSSR count). The van der Waals surface area contributed by atoms with Gasteiger partial charge < -0.3 is 0 Å². The average Bonchev–Trinajstić information content (AvgIpc) is 3.26. The Kier molecular flexibility index (Phi) is 10.9. The molecule has 0 aliphatic carbocycles. The van der Waals surface area contributed by atoms with Crippen LogP contribution in [0, 0.1) is 50.4 Å². The molecule has 0 aromatic heterocycles. The van der Waals surface area contributed by atoms with Gasteiger partial charge in [-0.2, -0.15) is 0 Å². The molecule has 0 saturated carbocycles. The summed E-state index contributed by atoms with van der Waals surface area (Å²) in [5.41, 5.74) is 13.8. The number of nitriles is 2. The van der Waals surface area contributed by atoms with E-state index >= 15 is 0 Å². The zero-order valence-corrected chi connectivity index (χ0v) is 38.1. The summed E-state index contributed by atoms with van der Waals surface area (Å²) in [5.74, 6) is 0. The van der Waals surface area contributed by atoms with Crippen LogP contribution >= 0.6 is 0 Å². The van der Waals surface area contributed by atoms with Crippen LogP contribution in [0.3, 0.4) is 0 Å². The summed E-state index contributed by atoms with van der Waals surface area (Å²) in [5, 5.41) is 28.0. The van der Waals surface area contributed by atoms with E-state index in [1.807, 2.05) is 32.0 Å². The Labute approximate surface area is 363 Å². The number of hydrogen-bond donors (Lipinski definition) is 0. The van der Waals surface area contributed by atoms with Crippen molar-refractivity contribution in [1.29, 1.82) is 10.5 Å². The Morgan fingerprint density at radius 3 is 1.41 bits per heavy atom. The van der Waals surface area contributed by atoms with Crippen LogP contribution in [0.4, 0.5) is 34.1 Å². The van der Waals surface area contributed by atoms with E-state index in [4.69, 9.17) is 0 Å². The Bertz CT molecular complexity index is 3120. The van der Waals surface area contributed by atoms with Crippen LogP contribution in [-0.4, -0.2) is 25.8 Å². The van der Waals surface area contributed by atoms with Crippen LogP contribution in [0.2, 0.25) is 0 Å². The summed E-state index contributed by atoms with van der Waals surface area (Å²) in [6.07, 6.45) is 0. The van der Waals surface area contributed by atoms with Crippen molar-refractivity contribution in [2.24, 2.45) is 0 Å². The molecular weight excluding hydrogens is 912 g/mol. The normalized spacial score (nSPS) is 10.9. The van der Waals surface area contributed by atoms with Gasteiger partial charge in [-0.3, -0.25) is 0 Å². The molecule has 0 unspecified atom stereocenters. The summed E-state index contributed by atoms with van der Waals surface area (Å²) in [6, 6.07) is 58.4. The zero-order valence-electron chi connectivity index (χ0n) is 34.2. The van der Waals surface area contributed by atoms with Gasteiger partial charge >= 0.3 is 266 Å². The van der Waals surface area contributed by atoms with E-state index in [1.165, 1.54) is 14.2 Å². The van der Waals surface area contributed by atoms with E-state index in [2.05, 4.69) is 183 Å². The number of benzene rings is 9. The first-order valence-electron chi connectivity index (χ1n) is 20.1. The molecule has 0 fully saturated rings. The van der Waals surface area contributed by atoms with Gasteiger partial charge in [-0.1, -0.05) is 80.1 Å². The summed E-state index contributed by atoms with van der Waals surface area (Å²) >= 11 is 0.834. The van der Waals surface area contributed by atoms with Crippen LogP contribution in [-0.2, 0) is 0 Å². The van der Waals surface area contributed by atoms with Crippen LogP contribution in [0.5, 0.6) is 0 Å². The molecule has 0 amide bonds. The van der Waals surface area contributed by atoms with Crippen molar-refractivity contribution in [3.63, 3.8) is 0 Å². The quantitative estimate of drug-likeness (QED) is 0.118. The van der Waals surface area contributed by atoms with Gasteiger partial charge in [-0.25, -0.2) is 0 Å². The van der Waals surface area contributed by atoms with E-state index in [0.29, 0.717) is 11.1 Å². The summed E-state index contributed by atoms with van der Waals surface area (Å²) in [7, 11) is 0. The number of rotatable bonds is 7. The number of nitrogens with zero attached hydrogens (tertiary/aromatic N) is 4. The molecular formula is C54H43N4Pb. The molecule has 0 aliphatic heterocycles. The first-order valence-corrected chi connectivity index (χ1v) is 22.0. The molecule has 59 heavy (non-hydrogen) atoms. The second-order valence-electron chi connectivity index (χ2n) is 14.8. The molecule has 9 aromatic carbocycles. The molecule has 0 heterocycles. The predicted molar refractivity (Wildman–Crippen MR) is 250 cm³/mol. The van der Waals surface area contributed by atoms with Crippen LogP contribution in [0.1, 0.15) is 47.2 Å². The standard InChI is InChI=1S/C52H37N4.C2H6.Pb/c1-33-19-25-46(35(3)27-33)55(42-15-9-6-10-16-42)51-40(31-53)29-38-22-24-45-50-39(21-23-44(51)49(38)50)30-41(32-54)52(45)56(47-26-20-34(2)28-36(47)4)48-18-12-11-17-43(48)37-13-7-5-8-14-37;1-2;/h5-15,17-30H,1-4H3;1-2H3;. The molecule has 4 nitrogen and oxygen atoms in total. The third-order valence-electron chi connectivity index (χ3n) is 11.1. The zero-order chi connectivity index (χ0) is 41.4. The Balaban J connectivity index is 0.00000238. The molecule has 283 valence electrons. The second-order valence-corrected chi connectivity index (χ2v) is 16.9. The number of aryl methyl sites for hydroxylation is 4. The molecule has 0 N–H and O–H groups in total. The van der Waals surface area contributed by atoms with E-state index in [0.717, 1.165) is 114 Å². The molecule has 0 aliphatic rings. The van der Waals surface area contributed by atoms with Crippen molar-refractivity contribution in [1.82, 2.24) is 0 Å². The summed E-state index contributed by atoms with van der Waals surface area (Å²) in [4.78, 5) is 4.60. The maximum absolute atomic E-state index is 11.0. The van der Waals surface area contributed by atoms with Crippen LogP contribution in [0.25, 0.3) is 43.4 Å². The molecule has 0 bridgehead atoms. The van der Waals surface area contributed by atoms with Gasteiger partial charge in [-0.05, 0) is 19.4 Å². The molecule has 5 heteroatoms. The van der Waals surface area contributed by atoms with Gasteiger partial charge in [-0.15, -0.1) is 0 Å². The van der Waals surface area contributed by atoms with Gasteiger partial charge in [0.2, 0.25) is 0 Å². The summed E-state index contributed by atoms with van der Waals surface area (Å²) in [6.45, 7) is 12.5. The third-order valence-corrected chi connectivity index (χ3v) is 12.7. The van der Waals surface area contributed by atoms with Gasteiger partial charge in [0.25, 0.3) is 0 Å². The number of anilines is 6. The minimum atomic E-state index is 0.587. The van der Waals surface area contributed by atoms with Gasteiger partial charge in [0.15, 0.2) is 0 Å². The number of para-hydroxylation sites is 2. The molecule has 0 spiro atoms. The molecule has 0 atom stereocenters. The van der Waals surface area contributed by atoms with Gasteiger partial charge in [0.1, 0.15) is 0 Å². The number of hydrogen-bond acceptors (Lipinski definition) is 4. The van der Waals surface area contributed by atoms with E-state index in [-0.39, 0.29) is 0 Å². The van der Waals surface area contributed by atoms with Crippen LogP contribution < -0.4 is 12.9 Å². The fourth-order valence-electron chi connectivity index (χ4n) is 8.63. The first-order chi connectivity index (χ1) is 28.8. The fraction of sp³-hybridized carbons (Fsp3) is 0.111. The van der Waals surface area contributed by atoms with Crippen LogP contribution in [0.15, 0.2) is 152 Å². The predicted octanol–water partition coefficient (Wildman–Crippen LogP) is 14.0. The summed E-state index contributed by atoms with van der Waals surface area (Å²) < 4.78 is 1.24. The fourth-order valence-corrected chi connectivity index (χ4v) is 9.76. The Morgan fingerprint density at radius 2 is 0.915 bits per heavy atom. The topological polar surface area (TPSA) is 54.1 Å². The third kappa shape index (κ3) is 6.88. The van der Waals surface area contributed by atoms with Crippen molar-refractivity contribution in [3.05, 3.63) is 185 Å². The maximum atomic E-state index is 11.0. The van der Waals surface area contributed by atoms with Gasteiger partial charge in [0, 0.05) is 0 Å². The van der Waals surface area contributed by atoms with E-state index in [1.54, 1.807) is 0 Å². The van der Waals surface area contributed by atoms with Crippen molar-refractivity contribution in [2.45, 2.75) is 41.5 Å². The van der Waals surface area contributed by atoms with E-state index < -0.39 is 0 Å². The van der Waals surface area contributed by atoms with E-state index in [9.17, 15) is 10.5 Å². The average molecular weight is 955 g/mol. The van der Waals surface area contributed by atoms with Gasteiger partial charge in [0.05, 0.1) is 0 Å². The molecule has 0 saturated heterocycles. The monoisotopic (exact) mass is 955 g/mol. The Hall–Kier alpha value is -6.48. The SMILES string of the molecule is CC.Cc1ccc(N(c2cccc[c]2[Pb])c2c(C#N)cc3ccc4c(N(c5ccc(C)cc5C)c5ccccc5-c5ccccc5)c(C#N)cc5ccc2c3c54)c(C)c1. The molecule has 3 radical (unpaired) electrons. The first kappa shape index (κ1) is 39.4.